The zero-order valence-corrected chi connectivity index (χ0v) is 17.1. The number of rotatable bonds is 6. The molecule has 0 fully saturated rings. The van der Waals surface area contributed by atoms with Crippen LogP contribution in [-0.2, 0) is 10.0 Å². The summed E-state index contributed by atoms with van der Waals surface area (Å²) in [4.78, 5) is 22.5. The van der Waals surface area contributed by atoms with E-state index in [0.717, 1.165) is 11.6 Å². The van der Waals surface area contributed by atoms with Gasteiger partial charge in [-0.15, -0.1) is 0 Å². The highest BCUT2D eigenvalue weighted by atomic mass is 32.2. The number of hydrogen-bond acceptors (Lipinski definition) is 5. The van der Waals surface area contributed by atoms with Gasteiger partial charge in [0.2, 0.25) is 0 Å². The molecule has 2 N–H and O–H groups in total. The highest BCUT2D eigenvalue weighted by Crippen LogP contribution is 2.24. The van der Waals surface area contributed by atoms with Crippen molar-refractivity contribution >= 4 is 33.0 Å². The van der Waals surface area contributed by atoms with Crippen molar-refractivity contribution < 1.29 is 18.1 Å². The maximum Gasteiger partial charge on any atom is 0.273 e. The number of carbonyl (C=O) groups excluding carboxylic acids is 1. The van der Waals surface area contributed by atoms with Crippen LogP contribution in [0, 0.1) is 24.0 Å². The van der Waals surface area contributed by atoms with Crippen LogP contribution >= 0.6 is 0 Å². The van der Waals surface area contributed by atoms with Gasteiger partial charge in [-0.3, -0.25) is 19.6 Å². The lowest BCUT2D eigenvalue weighted by molar-refractivity contribution is -0.385. The molecule has 0 aliphatic rings. The minimum Gasteiger partial charge on any atom is -0.322 e. The van der Waals surface area contributed by atoms with Gasteiger partial charge in [-0.1, -0.05) is 23.8 Å². The smallest absolute Gasteiger partial charge is 0.273 e. The number of amides is 1. The molecule has 0 saturated carbocycles. The number of nitrogens with one attached hydrogen (secondary N) is 2. The molecule has 3 rings (SSSR count). The van der Waals surface area contributed by atoms with Crippen molar-refractivity contribution in [3.05, 3.63) is 93.5 Å². The molecule has 0 spiro atoms. The summed E-state index contributed by atoms with van der Waals surface area (Å²) in [7, 11) is -4.03. The van der Waals surface area contributed by atoms with E-state index in [-0.39, 0.29) is 22.2 Å². The first-order valence-electron chi connectivity index (χ1n) is 8.92. The van der Waals surface area contributed by atoms with E-state index in [1.54, 1.807) is 12.1 Å². The molecule has 0 aliphatic carbocycles. The van der Waals surface area contributed by atoms with Gasteiger partial charge in [-0.05, 0) is 56.3 Å². The maximum atomic E-state index is 12.6. The van der Waals surface area contributed by atoms with Crippen molar-refractivity contribution in [2.75, 3.05) is 10.0 Å². The summed E-state index contributed by atoms with van der Waals surface area (Å²) in [5, 5.41) is 13.8. The van der Waals surface area contributed by atoms with E-state index in [9.17, 15) is 23.3 Å². The van der Waals surface area contributed by atoms with Crippen LogP contribution in [0.5, 0.6) is 0 Å². The van der Waals surface area contributed by atoms with Gasteiger partial charge in [0.1, 0.15) is 0 Å². The zero-order chi connectivity index (χ0) is 21.9. The second-order valence-corrected chi connectivity index (χ2v) is 8.39. The molecule has 0 unspecified atom stereocenters. The van der Waals surface area contributed by atoms with Crippen molar-refractivity contribution in [3.63, 3.8) is 0 Å². The van der Waals surface area contributed by atoms with Crippen molar-refractivity contribution in [1.29, 1.82) is 0 Å². The van der Waals surface area contributed by atoms with E-state index in [1.165, 1.54) is 43.3 Å². The number of anilines is 2. The number of carbonyl (C=O) groups is 1. The van der Waals surface area contributed by atoms with Gasteiger partial charge in [-0.2, -0.15) is 0 Å². The fraction of sp³-hybridized carbons (Fsp3) is 0.0952. The summed E-state index contributed by atoms with van der Waals surface area (Å²) in [5.41, 5.74) is 2.39. The number of nitro benzene ring substituents is 1. The molecule has 1 amide bonds. The average molecular weight is 425 g/mol. The van der Waals surface area contributed by atoms with E-state index < -0.39 is 14.9 Å². The van der Waals surface area contributed by atoms with Gasteiger partial charge < -0.3 is 5.32 Å². The summed E-state index contributed by atoms with van der Waals surface area (Å²) in [6.45, 7) is 3.47. The van der Waals surface area contributed by atoms with Crippen molar-refractivity contribution in [2.24, 2.45) is 0 Å². The molecule has 30 heavy (non-hydrogen) atoms. The number of nitro groups is 1. The molecule has 3 aromatic rings. The van der Waals surface area contributed by atoms with Crippen LogP contribution in [0.15, 0.2) is 71.6 Å². The summed E-state index contributed by atoms with van der Waals surface area (Å²) >= 11 is 0. The Labute approximate surface area is 173 Å². The van der Waals surface area contributed by atoms with Gasteiger partial charge in [0.15, 0.2) is 0 Å². The standard InChI is InChI=1S/C21H19N3O5S/c1-14-3-8-17(9-4-14)22-21(25)16-6-10-18(11-7-16)23-30(28,29)19-12-5-15(2)20(13-19)24(26)27/h3-13,23H,1-2H3,(H,22,25). The van der Waals surface area contributed by atoms with Gasteiger partial charge in [-0.25, -0.2) is 8.42 Å². The third kappa shape index (κ3) is 4.81. The molecule has 3 aromatic carbocycles. The summed E-state index contributed by atoms with van der Waals surface area (Å²) in [6.07, 6.45) is 0. The molecule has 0 radical (unpaired) electrons. The highest BCUT2D eigenvalue weighted by Gasteiger charge is 2.20. The van der Waals surface area contributed by atoms with Gasteiger partial charge in [0.25, 0.3) is 21.6 Å². The van der Waals surface area contributed by atoms with Crippen LogP contribution in [0.25, 0.3) is 0 Å². The van der Waals surface area contributed by atoms with Crippen LogP contribution in [-0.4, -0.2) is 19.2 Å². The van der Waals surface area contributed by atoms with E-state index >= 15 is 0 Å². The van der Waals surface area contributed by atoms with Crippen LogP contribution in [0.2, 0.25) is 0 Å². The fourth-order valence-corrected chi connectivity index (χ4v) is 3.78. The monoisotopic (exact) mass is 425 g/mol. The lowest BCUT2D eigenvalue weighted by Crippen LogP contribution is -2.14. The first kappa shape index (κ1) is 21.0. The number of benzene rings is 3. The summed E-state index contributed by atoms with van der Waals surface area (Å²) in [6, 6.07) is 16.9. The van der Waals surface area contributed by atoms with E-state index in [1.807, 2.05) is 19.1 Å². The van der Waals surface area contributed by atoms with Crippen LogP contribution in [0.3, 0.4) is 0 Å². The molecule has 0 aromatic heterocycles. The first-order valence-corrected chi connectivity index (χ1v) is 10.4. The fourth-order valence-electron chi connectivity index (χ4n) is 2.70. The third-order valence-electron chi connectivity index (χ3n) is 4.40. The lowest BCUT2D eigenvalue weighted by atomic mass is 10.2. The molecular formula is C21H19N3O5S. The predicted octanol–water partition coefficient (Wildman–Crippen LogP) is 4.26. The Morgan fingerprint density at radius 3 is 2.10 bits per heavy atom. The Morgan fingerprint density at radius 1 is 0.900 bits per heavy atom. The molecule has 0 bridgehead atoms. The SMILES string of the molecule is Cc1ccc(NC(=O)c2ccc(NS(=O)(=O)c3ccc(C)c([N+](=O)[O-])c3)cc2)cc1. The van der Waals surface area contributed by atoms with Crippen molar-refractivity contribution in [1.82, 2.24) is 0 Å². The minimum atomic E-state index is -4.03. The lowest BCUT2D eigenvalue weighted by Gasteiger charge is -2.10. The Kier molecular flexibility index (Phi) is 5.84. The van der Waals surface area contributed by atoms with Crippen LogP contribution < -0.4 is 10.0 Å². The van der Waals surface area contributed by atoms with Crippen molar-refractivity contribution in [3.8, 4) is 0 Å². The largest absolute Gasteiger partial charge is 0.322 e. The Hall–Kier alpha value is -3.72. The zero-order valence-electron chi connectivity index (χ0n) is 16.2. The molecule has 9 heteroatoms. The van der Waals surface area contributed by atoms with Crippen LogP contribution in [0.4, 0.5) is 17.1 Å². The summed E-state index contributed by atoms with van der Waals surface area (Å²) in [5.74, 6) is -0.331. The topological polar surface area (TPSA) is 118 Å². The molecular weight excluding hydrogens is 406 g/mol. The van der Waals surface area contributed by atoms with Crippen molar-refractivity contribution in [2.45, 2.75) is 18.7 Å². The maximum absolute atomic E-state index is 12.6. The third-order valence-corrected chi connectivity index (χ3v) is 5.78. The number of aryl methyl sites for hydroxylation is 2. The normalized spacial score (nSPS) is 11.0. The number of nitrogens with zero attached hydrogens (tertiary/aromatic N) is 1. The Morgan fingerprint density at radius 2 is 1.50 bits per heavy atom. The quantitative estimate of drug-likeness (QED) is 0.452. The number of hydrogen-bond donors (Lipinski definition) is 2. The second-order valence-electron chi connectivity index (χ2n) is 6.71. The summed E-state index contributed by atoms with van der Waals surface area (Å²) < 4.78 is 27.5. The van der Waals surface area contributed by atoms with E-state index in [2.05, 4.69) is 10.0 Å². The predicted molar refractivity (Wildman–Crippen MR) is 114 cm³/mol. The molecule has 0 aliphatic heterocycles. The minimum absolute atomic E-state index is 0.221. The average Bonchev–Trinajstić information content (AvgIpc) is 2.70. The van der Waals surface area contributed by atoms with Gasteiger partial charge >= 0.3 is 0 Å². The van der Waals surface area contributed by atoms with E-state index in [0.29, 0.717) is 16.8 Å². The molecule has 0 saturated heterocycles. The van der Waals surface area contributed by atoms with Gasteiger partial charge in [0.05, 0.1) is 9.82 Å². The molecule has 8 nitrogen and oxygen atoms in total. The highest BCUT2D eigenvalue weighted by molar-refractivity contribution is 7.92. The van der Waals surface area contributed by atoms with Gasteiger partial charge in [0, 0.05) is 28.6 Å². The van der Waals surface area contributed by atoms with E-state index in [4.69, 9.17) is 0 Å². The Balaban J connectivity index is 1.74. The van der Waals surface area contributed by atoms with Crippen LogP contribution in [0.1, 0.15) is 21.5 Å². The first-order chi connectivity index (χ1) is 14.2. The second kappa shape index (κ2) is 8.34. The molecule has 0 heterocycles. The Bertz CT molecular complexity index is 1200. The number of sulfonamides is 1. The molecule has 0 atom stereocenters. The molecule has 154 valence electrons.